The van der Waals surface area contributed by atoms with Crippen LogP contribution in [0.3, 0.4) is 0 Å². The van der Waals surface area contributed by atoms with Gasteiger partial charge in [-0.3, -0.25) is 14.9 Å². The average Bonchev–Trinajstić information content (AvgIpc) is 2.73. The molecule has 0 fully saturated rings. The third kappa shape index (κ3) is 5.36. The van der Waals surface area contributed by atoms with Gasteiger partial charge in [-0.15, -0.1) is 11.8 Å². The third-order valence-corrected chi connectivity index (χ3v) is 5.12. The predicted molar refractivity (Wildman–Crippen MR) is 109 cm³/mol. The molecule has 0 bridgehead atoms. The Bertz CT molecular complexity index is 1070. The summed E-state index contributed by atoms with van der Waals surface area (Å²) in [4.78, 5) is 23.5. The summed E-state index contributed by atoms with van der Waals surface area (Å²) in [5.74, 6) is -1.16. The monoisotopic (exact) mass is 411 g/mol. The quantitative estimate of drug-likeness (QED) is 0.206. The highest BCUT2D eigenvalue weighted by atomic mass is 32.2. The molecule has 4 nitrogen and oxygen atoms in total. The molecule has 0 saturated heterocycles. The molecule has 0 atom stereocenters. The van der Waals surface area contributed by atoms with E-state index in [0.717, 1.165) is 17.7 Å². The van der Waals surface area contributed by atoms with E-state index in [2.05, 4.69) is 0 Å². The molecule has 3 aromatic rings. The van der Waals surface area contributed by atoms with Crippen molar-refractivity contribution in [1.29, 1.82) is 0 Å². The van der Waals surface area contributed by atoms with Crippen molar-refractivity contribution in [2.45, 2.75) is 5.75 Å². The second-order valence-electron chi connectivity index (χ2n) is 6.09. The normalized spacial score (nSPS) is 11.3. The number of allylic oxidation sites excluding steroid dienone is 1. The zero-order chi connectivity index (χ0) is 20.8. The Morgan fingerprint density at radius 3 is 2.34 bits per heavy atom. The van der Waals surface area contributed by atoms with E-state index in [1.807, 2.05) is 0 Å². The van der Waals surface area contributed by atoms with Crippen LogP contribution in [0, 0.1) is 21.7 Å². The number of halogens is 2. The number of hydrogen-bond acceptors (Lipinski definition) is 4. The van der Waals surface area contributed by atoms with Crippen LogP contribution >= 0.6 is 11.8 Å². The number of thioether (sulfide) groups is 1. The standard InChI is InChI=1S/C22H15F2NO3S/c23-18-9-6-15(7-10-18)14-29-21(22(26)17-4-2-1-3-5-17)13-16-8-11-19(24)20(12-16)25(27)28/h1-13H,14H2. The molecule has 0 aromatic heterocycles. The maximum Gasteiger partial charge on any atom is 0.305 e. The van der Waals surface area contributed by atoms with Crippen LogP contribution in [0.15, 0.2) is 77.7 Å². The van der Waals surface area contributed by atoms with Crippen LogP contribution in [-0.2, 0) is 5.75 Å². The lowest BCUT2D eigenvalue weighted by atomic mass is 10.1. The number of ketones is 1. The Labute approximate surface area is 170 Å². The summed E-state index contributed by atoms with van der Waals surface area (Å²) in [6, 6.07) is 18.0. The molecule has 0 aliphatic rings. The zero-order valence-corrected chi connectivity index (χ0v) is 15.9. The van der Waals surface area contributed by atoms with E-state index in [-0.39, 0.29) is 11.6 Å². The van der Waals surface area contributed by atoms with Crippen LogP contribution in [0.5, 0.6) is 0 Å². The van der Waals surface area contributed by atoms with Crippen LogP contribution in [0.4, 0.5) is 14.5 Å². The molecule has 3 aromatic carbocycles. The molecule has 3 rings (SSSR count). The number of nitro benzene ring substituents is 1. The lowest BCUT2D eigenvalue weighted by Crippen LogP contribution is -2.01. The van der Waals surface area contributed by atoms with Gasteiger partial charge in [0.25, 0.3) is 0 Å². The number of carbonyl (C=O) groups is 1. The summed E-state index contributed by atoms with van der Waals surface area (Å²) in [6.45, 7) is 0. The minimum absolute atomic E-state index is 0.260. The van der Waals surface area contributed by atoms with Gasteiger partial charge < -0.3 is 0 Å². The number of nitro groups is 1. The van der Waals surface area contributed by atoms with Gasteiger partial charge in [0, 0.05) is 17.4 Å². The van der Waals surface area contributed by atoms with Crippen molar-refractivity contribution in [3.05, 3.63) is 116 Å². The van der Waals surface area contributed by atoms with Crippen LogP contribution < -0.4 is 0 Å². The minimum Gasteiger partial charge on any atom is -0.288 e. The van der Waals surface area contributed by atoms with E-state index in [1.54, 1.807) is 42.5 Å². The molecule has 0 N–H and O–H groups in total. The van der Waals surface area contributed by atoms with Gasteiger partial charge in [0.2, 0.25) is 5.82 Å². The maximum absolute atomic E-state index is 13.6. The molecule has 0 radical (unpaired) electrons. The van der Waals surface area contributed by atoms with Crippen LogP contribution in [-0.4, -0.2) is 10.7 Å². The van der Waals surface area contributed by atoms with Gasteiger partial charge in [0.15, 0.2) is 5.78 Å². The largest absolute Gasteiger partial charge is 0.305 e. The molecule has 0 amide bonds. The molecule has 0 heterocycles. The smallest absolute Gasteiger partial charge is 0.288 e. The van der Waals surface area contributed by atoms with E-state index < -0.39 is 16.4 Å². The molecule has 0 saturated carbocycles. The van der Waals surface area contributed by atoms with E-state index in [9.17, 15) is 23.7 Å². The summed E-state index contributed by atoms with van der Waals surface area (Å²) < 4.78 is 26.7. The summed E-state index contributed by atoms with van der Waals surface area (Å²) in [6.07, 6.45) is 1.50. The topological polar surface area (TPSA) is 60.2 Å². The maximum atomic E-state index is 13.6. The Morgan fingerprint density at radius 1 is 1.00 bits per heavy atom. The molecular formula is C22H15F2NO3S. The Kier molecular flexibility index (Phi) is 6.51. The molecule has 146 valence electrons. The second kappa shape index (κ2) is 9.25. The molecule has 0 aliphatic heterocycles. The Morgan fingerprint density at radius 2 is 1.69 bits per heavy atom. The highest BCUT2D eigenvalue weighted by Crippen LogP contribution is 2.29. The SMILES string of the molecule is O=C(C(=Cc1ccc(F)c([N+](=O)[O-])c1)SCc1ccc(F)cc1)c1ccccc1. The molecule has 0 aliphatic carbocycles. The minimum atomic E-state index is -0.943. The van der Waals surface area contributed by atoms with Gasteiger partial charge in [-0.25, -0.2) is 4.39 Å². The first-order chi connectivity index (χ1) is 13.9. The number of benzene rings is 3. The molecule has 0 spiro atoms. The number of carbonyl (C=O) groups excluding carboxylic acids is 1. The lowest BCUT2D eigenvalue weighted by Gasteiger charge is -2.08. The number of hydrogen-bond donors (Lipinski definition) is 0. The predicted octanol–water partition coefficient (Wildman–Crippen LogP) is 6.03. The van der Waals surface area contributed by atoms with Crippen molar-refractivity contribution in [3.8, 4) is 0 Å². The van der Waals surface area contributed by atoms with E-state index in [4.69, 9.17) is 0 Å². The summed E-state index contributed by atoms with van der Waals surface area (Å²) in [5.41, 5.74) is 0.952. The van der Waals surface area contributed by atoms with Crippen LogP contribution in [0.2, 0.25) is 0 Å². The summed E-state index contributed by atoms with van der Waals surface area (Å²) >= 11 is 1.22. The van der Waals surface area contributed by atoms with E-state index in [1.165, 1.54) is 36.0 Å². The first-order valence-electron chi connectivity index (χ1n) is 8.56. The molecular weight excluding hydrogens is 396 g/mol. The van der Waals surface area contributed by atoms with Crippen molar-refractivity contribution in [1.82, 2.24) is 0 Å². The lowest BCUT2D eigenvalue weighted by molar-refractivity contribution is -0.387. The molecule has 29 heavy (non-hydrogen) atoms. The number of Topliss-reactive ketones (excluding diaryl/α,β-unsaturated/α-hetero) is 1. The Hall–Kier alpha value is -3.32. The number of rotatable bonds is 7. The van der Waals surface area contributed by atoms with Gasteiger partial charge >= 0.3 is 5.69 Å². The summed E-state index contributed by atoms with van der Waals surface area (Å²) in [7, 11) is 0. The fourth-order valence-corrected chi connectivity index (χ4v) is 3.54. The summed E-state index contributed by atoms with van der Waals surface area (Å²) in [5, 5.41) is 11.0. The first kappa shape index (κ1) is 20.4. The molecule has 0 unspecified atom stereocenters. The van der Waals surface area contributed by atoms with Crippen molar-refractivity contribution in [2.75, 3.05) is 0 Å². The van der Waals surface area contributed by atoms with Crippen LogP contribution in [0.25, 0.3) is 6.08 Å². The van der Waals surface area contributed by atoms with Crippen molar-refractivity contribution >= 4 is 29.3 Å². The van der Waals surface area contributed by atoms with Crippen LogP contribution in [0.1, 0.15) is 21.5 Å². The second-order valence-corrected chi connectivity index (χ2v) is 7.10. The first-order valence-corrected chi connectivity index (χ1v) is 9.55. The number of nitrogens with zero attached hydrogens (tertiary/aromatic N) is 1. The van der Waals surface area contributed by atoms with E-state index in [0.29, 0.717) is 21.8 Å². The van der Waals surface area contributed by atoms with Gasteiger partial charge in [-0.1, -0.05) is 48.5 Å². The highest BCUT2D eigenvalue weighted by molar-refractivity contribution is 8.03. The highest BCUT2D eigenvalue weighted by Gasteiger charge is 2.17. The Balaban J connectivity index is 1.94. The fraction of sp³-hybridized carbons (Fsp3) is 0.0455. The van der Waals surface area contributed by atoms with Crippen molar-refractivity contribution < 1.29 is 18.5 Å². The van der Waals surface area contributed by atoms with Crippen molar-refractivity contribution in [3.63, 3.8) is 0 Å². The van der Waals surface area contributed by atoms with Gasteiger partial charge in [-0.05, 0) is 35.4 Å². The van der Waals surface area contributed by atoms with E-state index >= 15 is 0 Å². The zero-order valence-electron chi connectivity index (χ0n) is 15.0. The van der Waals surface area contributed by atoms with Gasteiger partial charge in [0.1, 0.15) is 5.82 Å². The molecule has 7 heteroatoms. The van der Waals surface area contributed by atoms with Gasteiger partial charge in [-0.2, -0.15) is 4.39 Å². The average molecular weight is 411 g/mol. The fourth-order valence-electron chi connectivity index (χ4n) is 2.56. The van der Waals surface area contributed by atoms with Crippen molar-refractivity contribution in [2.24, 2.45) is 0 Å². The van der Waals surface area contributed by atoms with Gasteiger partial charge in [0.05, 0.1) is 9.83 Å². The third-order valence-electron chi connectivity index (χ3n) is 4.03.